The van der Waals surface area contributed by atoms with Crippen LogP contribution in [0.5, 0.6) is 0 Å². The summed E-state index contributed by atoms with van der Waals surface area (Å²) in [6.45, 7) is 13.9. The molecule has 1 heteroatoms. The summed E-state index contributed by atoms with van der Waals surface area (Å²) in [6, 6.07) is 4.92. The second-order valence-electron chi connectivity index (χ2n) is 5.29. The van der Waals surface area contributed by atoms with Crippen molar-refractivity contribution in [1.82, 2.24) is 0 Å². The van der Waals surface area contributed by atoms with Crippen molar-refractivity contribution < 1.29 is 0 Å². The molecule has 0 amide bonds. The van der Waals surface area contributed by atoms with Crippen LogP contribution in [0.4, 0.5) is 0 Å². The molecule has 0 spiro atoms. The molecule has 0 fully saturated rings. The van der Waals surface area contributed by atoms with Crippen molar-refractivity contribution in [1.29, 1.82) is 0 Å². The molecule has 0 aromatic heterocycles. The van der Waals surface area contributed by atoms with Crippen LogP contribution in [0.2, 0.25) is 0 Å². The number of rotatable bonds is 3. The van der Waals surface area contributed by atoms with E-state index in [1.54, 1.807) is 16.6 Å². The lowest BCUT2D eigenvalue weighted by molar-refractivity contribution is 0.813. The predicted molar refractivity (Wildman–Crippen MR) is 78.3 cm³/mol. The first-order chi connectivity index (χ1) is 7.34. The maximum Gasteiger partial charge on any atom is -0.0194 e. The van der Waals surface area contributed by atoms with E-state index in [4.69, 9.17) is 0 Å². The summed E-state index contributed by atoms with van der Waals surface area (Å²) in [7, 11) is 0.282. The van der Waals surface area contributed by atoms with Crippen LogP contribution < -0.4 is 5.46 Å². The van der Waals surface area contributed by atoms with E-state index in [-0.39, 0.29) is 7.85 Å². The van der Waals surface area contributed by atoms with Gasteiger partial charge in [0.05, 0.1) is 0 Å². The van der Waals surface area contributed by atoms with Crippen LogP contribution in [0.3, 0.4) is 0 Å². The van der Waals surface area contributed by atoms with E-state index in [2.05, 4.69) is 53.7 Å². The van der Waals surface area contributed by atoms with Gasteiger partial charge in [0, 0.05) is 0 Å². The second-order valence-corrected chi connectivity index (χ2v) is 5.29. The van der Waals surface area contributed by atoms with Gasteiger partial charge in [0.1, 0.15) is 0 Å². The third kappa shape index (κ3) is 2.69. The second kappa shape index (κ2) is 5.08. The maximum absolute atomic E-state index is 2.46. The van der Waals surface area contributed by atoms with Crippen LogP contribution in [-0.4, -0.2) is 7.85 Å². The normalized spacial score (nSPS) is 11.9. The quantitative estimate of drug-likeness (QED) is 0.682. The average Bonchev–Trinajstić information content (AvgIpc) is 2.16. The monoisotopic (exact) mass is 217 g/mol. The summed E-state index contributed by atoms with van der Waals surface area (Å²) in [6.07, 6.45) is 0. The summed E-state index contributed by atoms with van der Waals surface area (Å²) in [5, 5.41) is 0. The molecule has 0 unspecified atom stereocenters. The van der Waals surface area contributed by atoms with Gasteiger partial charge < -0.3 is 0 Å². The minimum atomic E-state index is 0.282. The van der Waals surface area contributed by atoms with Gasteiger partial charge in [0.25, 0.3) is 0 Å². The zero-order valence-electron chi connectivity index (χ0n) is 10.9. The smallest absolute Gasteiger partial charge is 0.0194 e. The summed E-state index contributed by atoms with van der Waals surface area (Å²) < 4.78 is 0. The van der Waals surface area contributed by atoms with Gasteiger partial charge in [-0.1, -0.05) is 64.8 Å². The van der Waals surface area contributed by atoms with Gasteiger partial charge in [-0.2, -0.15) is 0 Å². The molecule has 0 atom stereocenters. The molecular weight excluding hydrogens is 191 g/mol. The Bertz CT molecular complexity index is 333. The molecule has 0 bridgehead atoms. The van der Waals surface area contributed by atoms with Gasteiger partial charge in [0.2, 0.25) is 0 Å². The highest BCUT2D eigenvalue weighted by molar-refractivity contribution is 6.34. The molecule has 0 radical (unpaired) electrons. The zero-order valence-corrected chi connectivity index (χ0v) is 10.9. The summed E-state index contributed by atoms with van der Waals surface area (Å²) in [5.41, 5.74) is 6.54. The van der Waals surface area contributed by atoms with Crippen molar-refractivity contribution in [3.63, 3.8) is 0 Å². The lowest BCUT2D eigenvalue weighted by Gasteiger charge is -2.24. The third-order valence-corrected chi connectivity index (χ3v) is 2.84. The van der Waals surface area contributed by atoms with Crippen LogP contribution in [-0.2, 0) is 0 Å². The Hall–Kier alpha value is -0.715. The highest BCUT2D eigenvalue weighted by Gasteiger charge is 2.10. The Morgan fingerprint density at radius 1 is 0.750 bits per heavy atom. The molecule has 0 aliphatic carbocycles. The van der Waals surface area contributed by atoms with Crippen LogP contribution >= 0.6 is 0 Å². The average molecular weight is 217 g/mol. The topological polar surface area (TPSA) is 0 Å². The first-order valence-electron chi connectivity index (χ1n) is 5.98. The Balaban J connectivity index is 3.39. The van der Waals surface area contributed by atoms with Crippen molar-refractivity contribution in [2.45, 2.75) is 59.3 Å². The van der Waals surface area contributed by atoms with E-state index in [1.807, 2.05) is 0 Å². The molecule has 0 saturated heterocycles. The fourth-order valence-electron chi connectivity index (χ4n) is 1.59. The number of hydrogen-bond donors (Lipinski definition) is 0. The van der Waals surface area contributed by atoms with E-state index >= 15 is 0 Å². The van der Waals surface area contributed by atoms with E-state index in [0.29, 0.717) is 17.8 Å². The molecular formula is C15H26B-. The molecule has 1 aromatic carbocycles. The fraction of sp³-hybridized carbons (Fsp3) is 0.600. The Labute approximate surface area is 102 Å². The highest BCUT2D eigenvalue weighted by Crippen LogP contribution is 2.24. The van der Waals surface area contributed by atoms with Crippen molar-refractivity contribution in [2.24, 2.45) is 0 Å². The van der Waals surface area contributed by atoms with Gasteiger partial charge in [-0.15, -0.1) is 0 Å². The summed E-state index contributed by atoms with van der Waals surface area (Å²) in [5.74, 6) is 2.02. The fourth-order valence-corrected chi connectivity index (χ4v) is 1.59. The molecule has 0 aliphatic rings. The molecule has 0 N–H and O–H groups in total. The van der Waals surface area contributed by atoms with Crippen LogP contribution in [0.15, 0.2) is 12.1 Å². The minimum Gasteiger partial charge on any atom is -0.214 e. The maximum atomic E-state index is 2.46. The molecule has 0 saturated carbocycles. The molecule has 0 aliphatic heterocycles. The number of benzene rings is 1. The largest absolute Gasteiger partial charge is 0.214 e. The molecule has 0 heterocycles. The van der Waals surface area contributed by atoms with E-state index in [0.717, 1.165) is 0 Å². The van der Waals surface area contributed by atoms with Gasteiger partial charge >= 0.3 is 0 Å². The van der Waals surface area contributed by atoms with Crippen molar-refractivity contribution in [3.8, 4) is 0 Å². The first kappa shape index (κ1) is 13.4. The Morgan fingerprint density at radius 3 is 1.38 bits per heavy atom. The van der Waals surface area contributed by atoms with Crippen LogP contribution in [0.25, 0.3) is 0 Å². The molecule has 1 rings (SSSR count). The van der Waals surface area contributed by atoms with Crippen molar-refractivity contribution in [2.75, 3.05) is 0 Å². The van der Waals surface area contributed by atoms with Gasteiger partial charge in [-0.3, -0.25) is 0 Å². The zero-order chi connectivity index (χ0) is 12.5. The Kier molecular flexibility index (Phi) is 4.24. The molecule has 1 aromatic rings. The summed E-state index contributed by atoms with van der Waals surface area (Å²) >= 11 is 0. The lowest BCUT2D eigenvalue weighted by Crippen LogP contribution is -2.19. The highest BCUT2D eigenvalue weighted by atomic mass is 14.2. The predicted octanol–water partition coefficient (Wildman–Crippen LogP) is 3.05. The van der Waals surface area contributed by atoms with Crippen LogP contribution in [0.1, 0.15) is 76.0 Å². The van der Waals surface area contributed by atoms with Gasteiger partial charge in [-0.05, 0) is 31.2 Å². The van der Waals surface area contributed by atoms with Gasteiger partial charge in [-0.25, -0.2) is 5.46 Å². The van der Waals surface area contributed by atoms with E-state index in [1.165, 1.54) is 5.56 Å². The summed E-state index contributed by atoms with van der Waals surface area (Å²) in [4.78, 5) is 0. The van der Waals surface area contributed by atoms with E-state index < -0.39 is 0 Å². The van der Waals surface area contributed by atoms with E-state index in [9.17, 15) is 0 Å². The molecule has 90 valence electrons. The van der Waals surface area contributed by atoms with Crippen molar-refractivity contribution >= 4 is 13.3 Å². The minimum absolute atomic E-state index is 0.282. The molecule has 16 heavy (non-hydrogen) atoms. The SMILES string of the molecule is [BH3-]c1c(C(C)C)cc(C(C)C)cc1C(C)C. The third-order valence-electron chi connectivity index (χ3n) is 2.84. The Morgan fingerprint density at radius 2 is 1.12 bits per heavy atom. The van der Waals surface area contributed by atoms with Gasteiger partial charge in [0.15, 0.2) is 0 Å². The first-order valence-corrected chi connectivity index (χ1v) is 5.98. The van der Waals surface area contributed by atoms with Crippen LogP contribution in [0, 0.1) is 0 Å². The molecule has 0 nitrogen and oxygen atoms in total. The number of hydrogen-bond acceptors (Lipinski definition) is 0. The standard InChI is InChI=1S/C15H26B/c1-9(2)12-7-13(10(3)4)15(16)14(8-12)11(5)6/h7-11H,1-6,16H3/q-1. The van der Waals surface area contributed by atoms with Crippen molar-refractivity contribution in [3.05, 3.63) is 28.8 Å². The lowest BCUT2D eigenvalue weighted by atomic mass is 9.76.